The number of rotatable bonds is 6. The Morgan fingerprint density at radius 1 is 1.21 bits per heavy atom. The van der Waals surface area contributed by atoms with Crippen LogP contribution in [0, 0.1) is 0 Å². The Balaban J connectivity index is 1.86. The van der Waals surface area contributed by atoms with Gasteiger partial charge in [-0.25, -0.2) is 13.2 Å². The van der Waals surface area contributed by atoms with Gasteiger partial charge in [-0.1, -0.05) is 32.0 Å². The summed E-state index contributed by atoms with van der Waals surface area (Å²) >= 11 is 0. The first-order valence-electron chi connectivity index (χ1n) is 9.44. The molecule has 28 heavy (non-hydrogen) atoms. The lowest BCUT2D eigenvalue weighted by Gasteiger charge is -2.30. The molecule has 1 atom stereocenters. The second kappa shape index (κ2) is 7.54. The van der Waals surface area contributed by atoms with Gasteiger partial charge >= 0.3 is 6.03 Å². The van der Waals surface area contributed by atoms with Crippen LogP contribution in [0.4, 0.5) is 10.5 Å². The van der Waals surface area contributed by atoms with E-state index in [1.165, 1.54) is 4.90 Å². The summed E-state index contributed by atoms with van der Waals surface area (Å²) in [6.45, 7) is 3.21. The van der Waals surface area contributed by atoms with E-state index >= 15 is 0 Å². The Bertz CT molecular complexity index is 880. The van der Waals surface area contributed by atoms with Crippen LogP contribution in [-0.4, -0.2) is 60.8 Å². The van der Waals surface area contributed by atoms with Crippen molar-refractivity contribution in [1.82, 2.24) is 10.2 Å². The first kappa shape index (κ1) is 20.3. The highest BCUT2D eigenvalue weighted by atomic mass is 32.2. The fourth-order valence-corrected chi connectivity index (χ4v) is 5.59. The Labute approximate surface area is 164 Å². The van der Waals surface area contributed by atoms with Gasteiger partial charge in [0.15, 0.2) is 9.84 Å². The van der Waals surface area contributed by atoms with E-state index in [2.05, 4.69) is 5.32 Å². The molecule has 0 aromatic heterocycles. The van der Waals surface area contributed by atoms with Crippen molar-refractivity contribution < 1.29 is 22.8 Å². The summed E-state index contributed by atoms with van der Waals surface area (Å²) in [5.74, 6) is -0.990. The van der Waals surface area contributed by atoms with Crippen molar-refractivity contribution in [3.63, 3.8) is 0 Å². The van der Waals surface area contributed by atoms with E-state index < -0.39 is 45.8 Å². The number of hydrogen-bond donors (Lipinski definition) is 1. The summed E-state index contributed by atoms with van der Waals surface area (Å²) in [5.41, 5.74) is -0.426. The van der Waals surface area contributed by atoms with Crippen LogP contribution < -0.4 is 10.2 Å². The third kappa shape index (κ3) is 3.63. The monoisotopic (exact) mass is 407 g/mol. The van der Waals surface area contributed by atoms with Gasteiger partial charge in [0.2, 0.25) is 5.91 Å². The van der Waals surface area contributed by atoms with Crippen molar-refractivity contribution in [2.45, 2.75) is 44.7 Å². The lowest BCUT2D eigenvalue weighted by Crippen LogP contribution is -2.49. The number of carbonyl (C=O) groups is 3. The lowest BCUT2D eigenvalue weighted by atomic mass is 9.93. The molecule has 2 heterocycles. The van der Waals surface area contributed by atoms with Gasteiger partial charge in [0, 0.05) is 5.69 Å². The summed E-state index contributed by atoms with van der Waals surface area (Å²) in [4.78, 5) is 40.7. The maximum absolute atomic E-state index is 13.1. The lowest BCUT2D eigenvalue weighted by molar-refractivity contribution is -0.134. The second-order valence-electron chi connectivity index (χ2n) is 7.27. The zero-order valence-corrected chi connectivity index (χ0v) is 16.9. The predicted molar refractivity (Wildman–Crippen MR) is 105 cm³/mol. The van der Waals surface area contributed by atoms with Gasteiger partial charge in [-0.15, -0.1) is 0 Å². The molecule has 2 fully saturated rings. The van der Waals surface area contributed by atoms with Crippen molar-refractivity contribution >= 4 is 33.4 Å². The first-order chi connectivity index (χ1) is 13.2. The molecule has 1 N–H and O–H groups in total. The Morgan fingerprint density at radius 2 is 1.86 bits per heavy atom. The van der Waals surface area contributed by atoms with Gasteiger partial charge in [0.05, 0.1) is 17.5 Å². The van der Waals surface area contributed by atoms with Gasteiger partial charge in [-0.3, -0.25) is 14.5 Å². The van der Waals surface area contributed by atoms with Crippen LogP contribution in [0.5, 0.6) is 0 Å². The van der Waals surface area contributed by atoms with E-state index in [1.54, 1.807) is 30.3 Å². The third-order valence-electron chi connectivity index (χ3n) is 5.62. The van der Waals surface area contributed by atoms with E-state index in [1.807, 2.05) is 13.8 Å². The quantitative estimate of drug-likeness (QED) is 0.716. The van der Waals surface area contributed by atoms with Crippen LogP contribution in [0.3, 0.4) is 0 Å². The molecular formula is C19H25N3O5S. The SMILES string of the molecule is CCC1(CC)NC(=O)N(CC(=O)N(c2ccccc2)[C@H]2CCS(=O)(=O)C2)C1=O. The van der Waals surface area contributed by atoms with Gasteiger partial charge in [-0.2, -0.15) is 0 Å². The molecule has 152 valence electrons. The number of imide groups is 1. The van der Waals surface area contributed by atoms with Gasteiger partial charge in [0.25, 0.3) is 5.91 Å². The first-order valence-corrected chi connectivity index (χ1v) is 11.3. The van der Waals surface area contributed by atoms with Crippen molar-refractivity contribution in [1.29, 1.82) is 0 Å². The maximum atomic E-state index is 13.1. The van der Waals surface area contributed by atoms with Crippen molar-refractivity contribution in [3.8, 4) is 0 Å². The van der Waals surface area contributed by atoms with E-state index in [4.69, 9.17) is 0 Å². The fourth-order valence-electron chi connectivity index (χ4n) is 3.89. The summed E-state index contributed by atoms with van der Waals surface area (Å²) in [5, 5.41) is 2.70. The molecule has 4 amide bonds. The predicted octanol–water partition coefficient (Wildman–Crippen LogP) is 1.32. The van der Waals surface area contributed by atoms with Crippen molar-refractivity contribution in [2.24, 2.45) is 0 Å². The summed E-state index contributed by atoms with van der Waals surface area (Å²) in [7, 11) is -3.21. The maximum Gasteiger partial charge on any atom is 0.325 e. The normalized spacial score (nSPS) is 22.9. The molecule has 1 aromatic carbocycles. The third-order valence-corrected chi connectivity index (χ3v) is 7.37. The molecule has 2 saturated heterocycles. The van der Waals surface area contributed by atoms with E-state index in [9.17, 15) is 22.8 Å². The van der Waals surface area contributed by atoms with Gasteiger partial charge < -0.3 is 10.2 Å². The minimum atomic E-state index is -3.21. The van der Waals surface area contributed by atoms with Crippen molar-refractivity contribution in [3.05, 3.63) is 30.3 Å². The number of nitrogens with one attached hydrogen (secondary N) is 1. The molecule has 9 heteroatoms. The molecular weight excluding hydrogens is 382 g/mol. The molecule has 0 bridgehead atoms. The number of para-hydroxylation sites is 1. The van der Waals surface area contributed by atoms with E-state index in [0.717, 1.165) is 4.90 Å². The van der Waals surface area contributed by atoms with E-state index in [-0.39, 0.29) is 11.5 Å². The number of sulfone groups is 1. The fraction of sp³-hybridized carbons (Fsp3) is 0.526. The molecule has 2 aliphatic rings. The van der Waals surface area contributed by atoms with Crippen LogP contribution >= 0.6 is 0 Å². The van der Waals surface area contributed by atoms with Crippen LogP contribution in [-0.2, 0) is 19.4 Å². The standard InChI is InChI=1S/C19H25N3O5S/c1-3-19(4-2)17(24)21(18(25)20-19)12-16(23)22(14-8-6-5-7-9-14)15-10-11-28(26,27)13-15/h5-9,15H,3-4,10-13H2,1-2H3,(H,20,25)/t15-/m0/s1. The highest BCUT2D eigenvalue weighted by molar-refractivity contribution is 7.91. The van der Waals surface area contributed by atoms with Crippen LogP contribution in [0.1, 0.15) is 33.1 Å². The number of anilines is 1. The molecule has 0 saturated carbocycles. The Hall–Kier alpha value is -2.42. The highest BCUT2D eigenvalue weighted by Crippen LogP contribution is 2.27. The Kier molecular flexibility index (Phi) is 5.47. The second-order valence-corrected chi connectivity index (χ2v) is 9.50. The molecule has 0 aliphatic carbocycles. The van der Waals surface area contributed by atoms with Crippen molar-refractivity contribution in [2.75, 3.05) is 23.0 Å². The number of benzene rings is 1. The molecule has 2 aliphatic heterocycles. The average Bonchev–Trinajstić information content (AvgIpc) is 3.14. The zero-order chi connectivity index (χ0) is 20.5. The Morgan fingerprint density at radius 3 is 2.36 bits per heavy atom. The number of hydrogen-bond acceptors (Lipinski definition) is 5. The molecule has 0 radical (unpaired) electrons. The molecule has 3 rings (SSSR count). The zero-order valence-electron chi connectivity index (χ0n) is 16.1. The molecule has 0 spiro atoms. The van der Waals surface area contributed by atoms with Crippen LogP contribution in [0.15, 0.2) is 30.3 Å². The number of carbonyl (C=O) groups excluding carboxylic acids is 3. The summed E-state index contributed by atoms with van der Waals surface area (Å²) < 4.78 is 23.9. The largest absolute Gasteiger partial charge is 0.325 e. The molecule has 0 unspecified atom stereocenters. The number of nitrogens with zero attached hydrogens (tertiary/aromatic N) is 2. The smallest absolute Gasteiger partial charge is 0.323 e. The number of amides is 4. The van der Waals surface area contributed by atoms with Crippen LogP contribution in [0.2, 0.25) is 0 Å². The van der Waals surface area contributed by atoms with Gasteiger partial charge in [0.1, 0.15) is 12.1 Å². The molecule has 1 aromatic rings. The topological polar surface area (TPSA) is 104 Å². The summed E-state index contributed by atoms with van der Waals surface area (Å²) in [6.07, 6.45) is 1.20. The minimum Gasteiger partial charge on any atom is -0.323 e. The highest BCUT2D eigenvalue weighted by Gasteiger charge is 2.50. The molecule has 8 nitrogen and oxygen atoms in total. The minimum absolute atomic E-state index is 0.0200. The van der Waals surface area contributed by atoms with E-state index in [0.29, 0.717) is 24.9 Å². The summed E-state index contributed by atoms with van der Waals surface area (Å²) in [6, 6.07) is 7.65. The van der Waals surface area contributed by atoms with Gasteiger partial charge in [-0.05, 0) is 31.4 Å². The number of urea groups is 1. The van der Waals surface area contributed by atoms with Crippen LogP contribution in [0.25, 0.3) is 0 Å². The average molecular weight is 407 g/mol.